The smallest absolute Gasteiger partial charge is 0.331 e. The van der Waals surface area contributed by atoms with Crippen molar-refractivity contribution in [3.05, 3.63) is 101 Å². The van der Waals surface area contributed by atoms with Crippen LogP contribution in [0.4, 0.5) is 0 Å². The molecule has 4 nitrogen and oxygen atoms in total. The molecule has 0 atom stereocenters. The Morgan fingerprint density at radius 2 is 1.37 bits per heavy atom. The summed E-state index contributed by atoms with van der Waals surface area (Å²) in [6.45, 7) is 0. The maximum atomic E-state index is 11.9. The highest BCUT2D eigenvalue weighted by Crippen LogP contribution is 2.32. The summed E-state index contributed by atoms with van der Waals surface area (Å²) in [6, 6.07) is 23.8. The number of aromatic hydroxyl groups is 2. The second-order valence-corrected chi connectivity index (χ2v) is 6.30. The van der Waals surface area contributed by atoms with Crippen molar-refractivity contribution in [2.75, 3.05) is 0 Å². The minimum Gasteiger partial charge on any atom is -0.504 e. The standard InChI is InChI=1S/C23H20O4/c24-21-12-11-16(14-22(21)25)13-19(23(26)27)15-20(17-7-3-1-4-8-17)18-9-5-2-6-10-18/h1-14,20,24-25H,15H2,(H,26,27)/b19-13+. The van der Waals surface area contributed by atoms with Crippen LogP contribution in [0.2, 0.25) is 0 Å². The Hall–Kier alpha value is -3.53. The van der Waals surface area contributed by atoms with Gasteiger partial charge in [0.1, 0.15) is 0 Å². The van der Waals surface area contributed by atoms with Gasteiger partial charge in [0, 0.05) is 11.5 Å². The number of carboxylic acids is 1. The monoisotopic (exact) mass is 360 g/mol. The molecule has 3 aromatic rings. The maximum absolute atomic E-state index is 11.9. The molecular weight excluding hydrogens is 340 g/mol. The molecule has 0 heterocycles. The molecule has 0 spiro atoms. The first-order valence-corrected chi connectivity index (χ1v) is 8.60. The van der Waals surface area contributed by atoms with Gasteiger partial charge >= 0.3 is 5.97 Å². The molecule has 0 radical (unpaired) electrons. The van der Waals surface area contributed by atoms with Crippen LogP contribution in [0.25, 0.3) is 6.08 Å². The minimum atomic E-state index is -1.01. The van der Waals surface area contributed by atoms with Crippen molar-refractivity contribution in [3.63, 3.8) is 0 Å². The number of phenolic OH excluding ortho intramolecular Hbond substituents is 2. The number of benzene rings is 3. The molecule has 3 N–H and O–H groups in total. The molecule has 27 heavy (non-hydrogen) atoms. The first-order chi connectivity index (χ1) is 13.0. The SMILES string of the molecule is O=C(O)/C(=C/c1ccc(O)c(O)c1)CC(c1ccccc1)c1ccccc1. The van der Waals surface area contributed by atoms with E-state index in [4.69, 9.17) is 0 Å². The summed E-state index contributed by atoms with van der Waals surface area (Å²) in [7, 11) is 0. The highest BCUT2D eigenvalue weighted by molar-refractivity contribution is 5.92. The van der Waals surface area contributed by atoms with E-state index in [1.807, 2.05) is 60.7 Å². The van der Waals surface area contributed by atoms with Crippen LogP contribution in [0.3, 0.4) is 0 Å². The third-order valence-corrected chi connectivity index (χ3v) is 4.44. The van der Waals surface area contributed by atoms with Gasteiger partial charge in [0.05, 0.1) is 0 Å². The molecular formula is C23H20O4. The van der Waals surface area contributed by atoms with Gasteiger partial charge in [-0.2, -0.15) is 0 Å². The van der Waals surface area contributed by atoms with Crippen molar-refractivity contribution in [2.45, 2.75) is 12.3 Å². The lowest BCUT2D eigenvalue weighted by Gasteiger charge is -2.18. The average molecular weight is 360 g/mol. The van der Waals surface area contributed by atoms with E-state index in [-0.39, 0.29) is 23.0 Å². The van der Waals surface area contributed by atoms with Crippen molar-refractivity contribution >= 4 is 12.0 Å². The van der Waals surface area contributed by atoms with Crippen LogP contribution in [-0.2, 0) is 4.79 Å². The molecule has 0 aliphatic carbocycles. The van der Waals surface area contributed by atoms with Gasteiger partial charge in [0.2, 0.25) is 0 Å². The molecule has 0 saturated carbocycles. The lowest BCUT2D eigenvalue weighted by atomic mass is 9.85. The third-order valence-electron chi connectivity index (χ3n) is 4.44. The van der Waals surface area contributed by atoms with Gasteiger partial charge in [-0.05, 0) is 41.3 Å². The number of hydrogen-bond acceptors (Lipinski definition) is 3. The Balaban J connectivity index is 2.00. The quantitative estimate of drug-likeness (QED) is 0.436. The molecule has 0 aromatic heterocycles. The van der Waals surface area contributed by atoms with E-state index in [9.17, 15) is 20.1 Å². The normalized spacial score (nSPS) is 11.5. The van der Waals surface area contributed by atoms with E-state index in [0.29, 0.717) is 12.0 Å². The van der Waals surface area contributed by atoms with Gasteiger partial charge in [-0.15, -0.1) is 0 Å². The second-order valence-electron chi connectivity index (χ2n) is 6.30. The number of carbonyl (C=O) groups is 1. The molecule has 0 aliphatic heterocycles. The maximum Gasteiger partial charge on any atom is 0.331 e. The Morgan fingerprint density at radius 3 is 1.85 bits per heavy atom. The molecule has 4 heteroatoms. The Labute approximate surface area is 157 Å². The van der Waals surface area contributed by atoms with Gasteiger partial charge < -0.3 is 15.3 Å². The number of hydrogen-bond donors (Lipinski definition) is 3. The van der Waals surface area contributed by atoms with Crippen molar-refractivity contribution < 1.29 is 20.1 Å². The van der Waals surface area contributed by atoms with Crippen LogP contribution in [0, 0.1) is 0 Å². The van der Waals surface area contributed by atoms with Crippen LogP contribution in [0.5, 0.6) is 11.5 Å². The lowest BCUT2D eigenvalue weighted by Crippen LogP contribution is -2.08. The molecule has 0 amide bonds. The Bertz CT molecular complexity index is 907. The Kier molecular flexibility index (Phi) is 5.57. The van der Waals surface area contributed by atoms with Crippen LogP contribution in [0.1, 0.15) is 29.0 Å². The second kappa shape index (κ2) is 8.23. The predicted octanol–water partition coefficient (Wildman–Crippen LogP) is 4.79. The van der Waals surface area contributed by atoms with Crippen LogP contribution in [0.15, 0.2) is 84.4 Å². The first-order valence-electron chi connectivity index (χ1n) is 8.60. The molecule has 0 saturated heterocycles. The number of rotatable bonds is 6. The molecule has 0 bridgehead atoms. The number of phenols is 2. The zero-order valence-electron chi connectivity index (χ0n) is 14.6. The summed E-state index contributed by atoms with van der Waals surface area (Å²) in [6.07, 6.45) is 1.82. The lowest BCUT2D eigenvalue weighted by molar-refractivity contribution is -0.132. The van der Waals surface area contributed by atoms with Crippen molar-refractivity contribution in [1.82, 2.24) is 0 Å². The zero-order chi connectivity index (χ0) is 19.2. The first kappa shape index (κ1) is 18.3. The van der Waals surface area contributed by atoms with Crippen LogP contribution < -0.4 is 0 Å². The topological polar surface area (TPSA) is 77.8 Å². The minimum absolute atomic E-state index is 0.111. The third kappa shape index (κ3) is 4.55. The molecule has 0 fully saturated rings. The van der Waals surface area contributed by atoms with Crippen LogP contribution >= 0.6 is 0 Å². The molecule has 0 unspecified atom stereocenters. The zero-order valence-corrected chi connectivity index (χ0v) is 14.6. The van der Waals surface area contributed by atoms with E-state index in [2.05, 4.69) is 0 Å². The summed E-state index contributed by atoms with van der Waals surface area (Å²) < 4.78 is 0. The highest BCUT2D eigenvalue weighted by Gasteiger charge is 2.19. The average Bonchev–Trinajstić information content (AvgIpc) is 2.69. The fourth-order valence-corrected chi connectivity index (χ4v) is 3.06. The fraction of sp³-hybridized carbons (Fsp3) is 0.0870. The van der Waals surface area contributed by atoms with Crippen LogP contribution in [-0.4, -0.2) is 21.3 Å². The summed E-state index contributed by atoms with van der Waals surface area (Å²) in [5.41, 5.74) is 2.80. The van der Waals surface area contributed by atoms with Gasteiger partial charge in [-0.3, -0.25) is 0 Å². The van der Waals surface area contributed by atoms with Gasteiger partial charge in [-0.25, -0.2) is 4.79 Å². The Morgan fingerprint density at radius 1 is 0.815 bits per heavy atom. The summed E-state index contributed by atoms with van der Waals surface area (Å²) in [4.78, 5) is 11.9. The largest absolute Gasteiger partial charge is 0.504 e. The van der Waals surface area contributed by atoms with Gasteiger partial charge in [0.15, 0.2) is 11.5 Å². The van der Waals surface area contributed by atoms with Gasteiger partial charge in [0.25, 0.3) is 0 Å². The summed E-state index contributed by atoms with van der Waals surface area (Å²) in [5, 5.41) is 28.8. The van der Waals surface area contributed by atoms with Gasteiger partial charge in [-0.1, -0.05) is 66.7 Å². The highest BCUT2D eigenvalue weighted by atomic mass is 16.4. The van der Waals surface area contributed by atoms with E-state index in [1.54, 1.807) is 6.07 Å². The summed E-state index contributed by atoms with van der Waals surface area (Å²) in [5.74, 6) is -1.65. The predicted molar refractivity (Wildman–Crippen MR) is 105 cm³/mol. The van der Waals surface area contributed by atoms with E-state index >= 15 is 0 Å². The molecule has 3 rings (SSSR count). The molecule has 0 aliphatic rings. The molecule has 136 valence electrons. The number of carboxylic acid groups (broad SMARTS) is 1. The van der Waals surface area contributed by atoms with Crippen molar-refractivity contribution in [1.29, 1.82) is 0 Å². The molecule has 3 aromatic carbocycles. The van der Waals surface area contributed by atoms with E-state index in [1.165, 1.54) is 18.2 Å². The van der Waals surface area contributed by atoms with E-state index < -0.39 is 5.97 Å². The fourth-order valence-electron chi connectivity index (χ4n) is 3.06. The summed E-state index contributed by atoms with van der Waals surface area (Å²) >= 11 is 0. The van der Waals surface area contributed by atoms with E-state index in [0.717, 1.165) is 11.1 Å². The number of aliphatic carboxylic acids is 1. The van der Waals surface area contributed by atoms with Crippen molar-refractivity contribution in [2.24, 2.45) is 0 Å². The van der Waals surface area contributed by atoms with Crippen molar-refractivity contribution in [3.8, 4) is 11.5 Å².